The van der Waals surface area contributed by atoms with Crippen molar-refractivity contribution in [3.63, 3.8) is 0 Å². The third kappa shape index (κ3) is 4.20. The number of piperidine rings is 1. The number of hydrogen-bond donors (Lipinski definition) is 0. The van der Waals surface area contributed by atoms with Crippen LogP contribution in [0.15, 0.2) is 0 Å². The largest absolute Gasteiger partial charge is 0.342 e. The van der Waals surface area contributed by atoms with Crippen LogP contribution < -0.4 is 0 Å². The fourth-order valence-electron chi connectivity index (χ4n) is 3.39. The topological polar surface area (TPSA) is 54.5 Å². The van der Waals surface area contributed by atoms with E-state index in [2.05, 4.69) is 13.8 Å². The molecule has 0 N–H and O–H groups in total. The number of hydrogen-bond acceptors (Lipinski definition) is 3. The number of likely N-dealkylation sites (tertiary alicyclic amines) is 1. The Morgan fingerprint density at radius 1 is 1.11 bits per heavy atom. The van der Waals surface area contributed by atoms with E-state index < -0.39 is 9.84 Å². The van der Waals surface area contributed by atoms with Crippen molar-refractivity contribution in [2.75, 3.05) is 24.6 Å². The van der Waals surface area contributed by atoms with E-state index in [1.807, 2.05) is 4.90 Å². The third-order valence-electron chi connectivity index (χ3n) is 4.36. The van der Waals surface area contributed by atoms with Gasteiger partial charge in [-0.05, 0) is 37.0 Å². The van der Waals surface area contributed by atoms with E-state index in [9.17, 15) is 13.2 Å². The van der Waals surface area contributed by atoms with Gasteiger partial charge in [-0.3, -0.25) is 4.79 Å². The third-order valence-corrected chi connectivity index (χ3v) is 6.07. The van der Waals surface area contributed by atoms with E-state index in [1.165, 1.54) is 6.42 Å². The molecule has 2 atom stereocenters. The van der Waals surface area contributed by atoms with Gasteiger partial charge >= 0.3 is 0 Å². The van der Waals surface area contributed by atoms with Gasteiger partial charge in [-0.2, -0.15) is 0 Å². The molecule has 19 heavy (non-hydrogen) atoms. The summed E-state index contributed by atoms with van der Waals surface area (Å²) in [7, 11) is -2.82. The van der Waals surface area contributed by atoms with Gasteiger partial charge in [-0.15, -0.1) is 0 Å². The quantitative estimate of drug-likeness (QED) is 0.777. The van der Waals surface area contributed by atoms with Crippen LogP contribution in [0.1, 0.15) is 39.5 Å². The predicted octanol–water partition coefficient (Wildman–Crippen LogP) is 1.71. The molecular weight excluding hydrogens is 262 g/mol. The van der Waals surface area contributed by atoms with Crippen LogP contribution in [0.5, 0.6) is 0 Å². The van der Waals surface area contributed by atoms with E-state index in [0.717, 1.165) is 13.1 Å². The standard InChI is InChI=1S/C14H25NO3S/c1-11-7-12(2)10-15(9-11)14(16)8-13-3-5-19(17,18)6-4-13/h11-13H,3-10H2,1-2H3. The second kappa shape index (κ2) is 5.81. The predicted molar refractivity (Wildman–Crippen MR) is 75.5 cm³/mol. The minimum atomic E-state index is -2.82. The van der Waals surface area contributed by atoms with Gasteiger partial charge < -0.3 is 4.90 Å². The minimum Gasteiger partial charge on any atom is -0.342 e. The summed E-state index contributed by atoms with van der Waals surface area (Å²) in [5, 5.41) is 0. The van der Waals surface area contributed by atoms with Crippen molar-refractivity contribution in [3.05, 3.63) is 0 Å². The molecule has 0 bridgehead atoms. The molecule has 0 aromatic heterocycles. The smallest absolute Gasteiger partial charge is 0.222 e. The summed E-state index contributed by atoms with van der Waals surface area (Å²) in [6.07, 6.45) is 3.06. The Balaban J connectivity index is 1.84. The molecule has 0 radical (unpaired) electrons. The SMILES string of the molecule is CC1CC(C)CN(C(=O)CC2CCS(=O)(=O)CC2)C1. The average Bonchev–Trinajstić information content (AvgIpc) is 2.30. The molecule has 2 aliphatic rings. The van der Waals surface area contributed by atoms with Gasteiger partial charge in [-0.1, -0.05) is 13.8 Å². The van der Waals surface area contributed by atoms with Crippen LogP contribution in [0.4, 0.5) is 0 Å². The Hall–Kier alpha value is -0.580. The fraction of sp³-hybridized carbons (Fsp3) is 0.929. The van der Waals surface area contributed by atoms with Crippen LogP contribution in [0, 0.1) is 17.8 Å². The fourth-order valence-corrected chi connectivity index (χ4v) is 4.97. The van der Waals surface area contributed by atoms with Crippen molar-refractivity contribution >= 4 is 15.7 Å². The zero-order chi connectivity index (χ0) is 14.0. The van der Waals surface area contributed by atoms with Gasteiger partial charge in [0.15, 0.2) is 0 Å². The first-order valence-corrected chi connectivity index (χ1v) is 9.16. The van der Waals surface area contributed by atoms with Crippen LogP contribution in [0.3, 0.4) is 0 Å². The molecule has 2 aliphatic heterocycles. The molecule has 0 aromatic carbocycles. The first-order valence-electron chi connectivity index (χ1n) is 7.34. The number of carbonyl (C=O) groups excluding carboxylic acids is 1. The van der Waals surface area contributed by atoms with E-state index in [1.54, 1.807) is 0 Å². The highest BCUT2D eigenvalue weighted by Gasteiger charge is 2.29. The molecule has 1 amide bonds. The van der Waals surface area contributed by atoms with Crippen molar-refractivity contribution in [3.8, 4) is 0 Å². The summed E-state index contributed by atoms with van der Waals surface area (Å²) in [4.78, 5) is 14.3. The molecule has 0 aliphatic carbocycles. The number of amides is 1. The van der Waals surface area contributed by atoms with Gasteiger partial charge in [0.1, 0.15) is 9.84 Å². The van der Waals surface area contributed by atoms with Crippen molar-refractivity contribution in [2.24, 2.45) is 17.8 Å². The van der Waals surface area contributed by atoms with Gasteiger partial charge in [-0.25, -0.2) is 8.42 Å². The minimum absolute atomic E-state index is 0.225. The molecular formula is C14H25NO3S. The van der Waals surface area contributed by atoms with Crippen molar-refractivity contribution in [1.29, 1.82) is 0 Å². The van der Waals surface area contributed by atoms with Crippen LogP contribution in [0.2, 0.25) is 0 Å². The van der Waals surface area contributed by atoms with Crippen molar-refractivity contribution in [2.45, 2.75) is 39.5 Å². The summed E-state index contributed by atoms with van der Waals surface area (Å²) in [5.74, 6) is 2.18. The van der Waals surface area contributed by atoms with Gasteiger partial charge in [0, 0.05) is 19.5 Å². The van der Waals surface area contributed by atoms with Crippen LogP contribution in [-0.4, -0.2) is 43.8 Å². The van der Waals surface area contributed by atoms with Crippen LogP contribution >= 0.6 is 0 Å². The first kappa shape index (κ1) is 14.8. The Morgan fingerprint density at radius 2 is 1.63 bits per heavy atom. The zero-order valence-corrected chi connectivity index (χ0v) is 12.8. The molecule has 0 spiro atoms. The summed E-state index contributed by atoms with van der Waals surface area (Å²) in [5.41, 5.74) is 0. The summed E-state index contributed by atoms with van der Waals surface area (Å²) >= 11 is 0. The lowest BCUT2D eigenvalue weighted by Gasteiger charge is -2.36. The van der Waals surface area contributed by atoms with E-state index >= 15 is 0 Å². The second-order valence-electron chi connectivity index (χ2n) is 6.54. The van der Waals surface area contributed by atoms with Gasteiger partial charge in [0.2, 0.25) is 5.91 Å². The molecule has 110 valence electrons. The molecule has 2 heterocycles. The maximum absolute atomic E-state index is 12.3. The lowest BCUT2D eigenvalue weighted by atomic mass is 9.90. The summed E-state index contributed by atoms with van der Waals surface area (Å²) in [6, 6.07) is 0. The van der Waals surface area contributed by atoms with Crippen molar-refractivity contribution < 1.29 is 13.2 Å². The van der Waals surface area contributed by atoms with Gasteiger partial charge in [0.25, 0.3) is 0 Å². The Morgan fingerprint density at radius 3 is 2.16 bits per heavy atom. The number of carbonyl (C=O) groups is 1. The highest BCUT2D eigenvalue weighted by atomic mass is 32.2. The number of sulfone groups is 1. The maximum atomic E-state index is 12.3. The molecule has 2 unspecified atom stereocenters. The van der Waals surface area contributed by atoms with E-state index in [-0.39, 0.29) is 23.3 Å². The summed E-state index contributed by atoms with van der Waals surface area (Å²) < 4.78 is 22.7. The Labute approximate surface area is 116 Å². The average molecular weight is 287 g/mol. The Bertz CT molecular complexity index is 408. The molecule has 5 heteroatoms. The second-order valence-corrected chi connectivity index (χ2v) is 8.85. The van der Waals surface area contributed by atoms with Crippen molar-refractivity contribution in [1.82, 2.24) is 4.90 Å². The molecule has 0 aromatic rings. The number of rotatable bonds is 2. The molecule has 4 nitrogen and oxygen atoms in total. The van der Waals surface area contributed by atoms with E-state index in [0.29, 0.717) is 31.1 Å². The van der Waals surface area contributed by atoms with Crippen LogP contribution in [-0.2, 0) is 14.6 Å². The Kier molecular flexibility index (Phi) is 4.54. The normalized spacial score (nSPS) is 32.2. The summed E-state index contributed by atoms with van der Waals surface area (Å²) in [6.45, 7) is 6.13. The first-order chi connectivity index (χ1) is 8.85. The molecule has 2 rings (SSSR count). The lowest BCUT2D eigenvalue weighted by Crippen LogP contribution is -2.43. The molecule has 2 fully saturated rings. The molecule has 2 saturated heterocycles. The highest BCUT2D eigenvalue weighted by Crippen LogP contribution is 2.26. The maximum Gasteiger partial charge on any atom is 0.222 e. The highest BCUT2D eigenvalue weighted by molar-refractivity contribution is 7.91. The van der Waals surface area contributed by atoms with E-state index in [4.69, 9.17) is 0 Å². The number of nitrogens with zero attached hydrogens (tertiary/aromatic N) is 1. The lowest BCUT2D eigenvalue weighted by molar-refractivity contribution is -0.135. The van der Waals surface area contributed by atoms with Crippen LogP contribution in [0.25, 0.3) is 0 Å². The van der Waals surface area contributed by atoms with Gasteiger partial charge in [0.05, 0.1) is 11.5 Å². The monoisotopic (exact) mass is 287 g/mol. The zero-order valence-electron chi connectivity index (χ0n) is 12.0. The molecule has 0 saturated carbocycles.